The lowest BCUT2D eigenvalue weighted by molar-refractivity contribution is -0.122. The van der Waals surface area contributed by atoms with Crippen molar-refractivity contribution in [2.75, 3.05) is 5.32 Å². The number of fused-ring (bicyclic) bond motifs is 1. The average molecular weight is 323 g/mol. The Morgan fingerprint density at radius 3 is 2.86 bits per heavy atom. The number of aromatic nitrogens is 1. The van der Waals surface area contributed by atoms with Crippen molar-refractivity contribution in [3.05, 3.63) is 51.8 Å². The topological polar surface area (TPSA) is 51.2 Å². The van der Waals surface area contributed by atoms with Gasteiger partial charge in [0, 0.05) is 6.42 Å². The van der Waals surface area contributed by atoms with Crippen molar-refractivity contribution in [3.8, 4) is 5.75 Å². The SMILES string of the molecule is Cc1cc(Cl)nc(Cl)c1NC(=O)C1Cc2ccccc2O1. The average Bonchev–Trinajstić information content (AvgIpc) is 2.86. The lowest BCUT2D eigenvalue weighted by Gasteiger charge is -2.14. The second-order valence-corrected chi connectivity index (χ2v) is 5.58. The molecule has 108 valence electrons. The van der Waals surface area contributed by atoms with Crippen LogP contribution in [0.4, 0.5) is 5.69 Å². The summed E-state index contributed by atoms with van der Waals surface area (Å²) in [5, 5.41) is 3.23. The Labute approximate surface area is 132 Å². The highest BCUT2D eigenvalue weighted by atomic mass is 35.5. The largest absolute Gasteiger partial charge is 0.480 e. The van der Waals surface area contributed by atoms with E-state index in [0.29, 0.717) is 17.3 Å². The molecule has 0 spiro atoms. The number of pyridine rings is 1. The lowest BCUT2D eigenvalue weighted by Crippen LogP contribution is -2.31. The zero-order valence-electron chi connectivity index (χ0n) is 11.2. The minimum absolute atomic E-state index is 0.170. The predicted octanol–water partition coefficient (Wildman–Crippen LogP) is 3.64. The number of ether oxygens (including phenoxy) is 1. The molecule has 1 N–H and O–H groups in total. The van der Waals surface area contributed by atoms with E-state index in [1.54, 1.807) is 13.0 Å². The maximum Gasteiger partial charge on any atom is 0.265 e. The summed E-state index contributed by atoms with van der Waals surface area (Å²) in [5.41, 5.74) is 2.24. The summed E-state index contributed by atoms with van der Waals surface area (Å²) < 4.78 is 5.64. The summed E-state index contributed by atoms with van der Waals surface area (Å²) >= 11 is 11.8. The number of amides is 1. The van der Waals surface area contributed by atoms with Crippen LogP contribution in [0.5, 0.6) is 5.75 Å². The summed E-state index contributed by atoms with van der Waals surface area (Å²) in [6.45, 7) is 1.80. The van der Waals surface area contributed by atoms with Crippen LogP contribution in [0.1, 0.15) is 11.1 Å². The number of halogens is 2. The molecular weight excluding hydrogens is 311 g/mol. The Morgan fingerprint density at radius 1 is 1.38 bits per heavy atom. The Morgan fingerprint density at radius 2 is 2.14 bits per heavy atom. The number of rotatable bonds is 2. The molecule has 4 nitrogen and oxygen atoms in total. The van der Waals surface area contributed by atoms with Crippen molar-refractivity contribution < 1.29 is 9.53 Å². The molecule has 1 amide bonds. The highest BCUT2D eigenvalue weighted by Gasteiger charge is 2.29. The summed E-state index contributed by atoms with van der Waals surface area (Å²) in [5.74, 6) is 0.495. The first-order chi connectivity index (χ1) is 10.0. The van der Waals surface area contributed by atoms with Crippen molar-refractivity contribution in [1.82, 2.24) is 4.98 Å². The third-order valence-corrected chi connectivity index (χ3v) is 3.80. The van der Waals surface area contributed by atoms with E-state index in [1.165, 1.54) is 0 Å². The number of carbonyl (C=O) groups is 1. The molecule has 3 rings (SSSR count). The molecule has 2 heterocycles. The monoisotopic (exact) mass is 322 g/mol. The van der Waals surface area contributed by atoms with Gasteiger partial charge < -0.3 is 10.1 Å². The number of carbonyl (C=O) groups excluding carboxylic acids is 1. The number of hydrogen-bond donors (Lipinski definition) is 1. The maximum absolute atomic E-state index is 12.3. The smallest absolute Gasteiger partial charge is 0.265 e. The minimum atomic E-state index is -0.562. The number of benzene rings is 1. The van der Waals surface area contributed by atoms with Gasteiger partial charge in [-0.25, -0.2) is 4.98 Å². The second kappa shape index (κ2) is 5.54. The Hall–Kier alpha value is -1.78. The Kier molecular flexibility index (Phi) is 3.74. The molecule has 1 aliphatic rings. The van der Waals surface area contributed by atoms with Gasteiger partial charge in [0.15, 0.2) is 11.3 Å². The van der Waals surface area contributed by atoms with Crippen LogP contribution in [0.2, 0.25) is 10.3 Å². The molecule has 0 bridgehead atoms. The second-order valence-electron chi connectivity index (χ2n) is 4.84. The third kappa shape index (κ3) is 2.82. The van der Waals surface area contributed by atoms with Crippen LogP contribution in [0.15, 0.2) is 30.3 Å². The van der Waals surface area contributed by atoms with Gasteiger partial charge in [-0.15, -0.1) is 0 Å². The normalized spacial score (nSPS) is 16.2. The van der Waals surface area contributed by atoms with Crippen LogP contribution >= 0.6 is 23.2 Å². The molecule has 1 atom stereocenters. The Bertz CT molecular complexity index is 671. The van der Waals surface area contributed by atoms with E-state index in [9.17, 15) is 4.79 Å². The zero-order valence-corrected chi connectivity index (χ0v) is 12.7. The van der Waals surface area contributed by atoms with Gasteiger partial charge >= 0.3 is 0 Å². The van der Waals surface area contributed by atoms with Gasteiger partial charge in [0.05, 0.1) is 5.69 Å². The molecule has 0 fully saturated rings. The van der Waals surface area contributed by atoms with Crippen molar-refractivity contribution >= 4 is 34.8 Å². The summed E-state index contributed by atoms with van der Waals surface area (Å²) in [6.07, 6.45) is -0.0202. The molecule has 2 aromatic rings. The molecule has 1 unspecified atom stereocenters. The van der Waals surface area contributed by atoms with Crippen LogP contribution in [0.3, 0.4) is 0 Å². The standard InChI is InChI=1S/C15H12Cl2N2O2/c1-8-6-12(16)18-14(17)13(8)19-15(20)11-7-9-4-2-3-5-10(9)21-11/h2-6,11H,7H2,1H3,(H,19,20). The van der Waals surface area contributed by atoms with E-state index in [2.05, 4.69) is 10.3 Å². The summed E-state index contributed by atoms with van der Waals surface area (Å²) in [7, 11) is 0. The molecule has 1 aromatic carbocycles. The van der Waals surface area contributed by atoms with Crippen molar-refractivity contribution in [2.24, 2.45) is 0 Å². The molecule has 0 saturated carbocycles. The number of para-hydroxylation sites is 1. The Balaban J connectivity index is 1.77. The van der Waals surface area contributed by atoms with Gasteiger partial charge in [-0.3, -0.25) is 4.79 Å². The highest BCUT2D eigenvalue weighted by Crippen LogP contribution is 2.30. The maximum atomic E-state index is 12.3. The number of nitrogens with zero attached hydrogens (tertiary/aromatic N) is 1. The van der Waals surface area contributed by atoms with Crippen molar-refractivity contribution in [1.29, 1.82) is 0 Å². The molecule has 0 saturated heterocycles. The fourth-order valence-electron chi connectivity index (χ4n) is 2.28. The first-order valence-electron chi connectivity index (χ1n) is 6.42. The van der Waals surface area contributed by atoms with E-state index in [4.69, 9.17) is 27.9 Å². The molecule has 6 heteroatoms. The molecular formula is C15H12Cl2N2O2. The van der Waals surface area contributed by atoms with E-state index in [0.717, 1.165) is 16.9 Å². The summed E-state index contributed by atoms with van der Waals surface area (Å²) in [6, 6.07) is 9.25. The van der Waals surface area contributed by atoms with E-state index >= 15 is 0 Å². The van der Waals surface area contributed by atoms with Crippen LogP contribution in [0, 0.1) is 6.92 Å². The molecule has 1 aromatic heterocycles. The zero-order chi connectivity index (χ0) is 15.0. The molecule has 0 aliphatic carbocycles. The van der Waals surface area contributed by atoms with Crippen LogP contribution < -0.4 is 10.1 Å². The first kappa shape index (κ1) is 14.2. The summed E-state index contributed by atoms with van der Waals surface area (Å²) in [4.78, 5) is 16.2. The van der Waals surface area contributed by atoms with E-state index < -0.39 is 6.10 Å². The van der Waals surface area contributed by atoms with E-state index in [-0.39, 0.29) is 11.1 Å². The first-order valence-corrected chi connectivity index (χ1v) is 7.18. The van der Waals surface area contributed by atoms with Gasteiger partial charge in [0.25, 0.3) is 5.91 Å². The number of hydrogen-bond acceptors (Lipinski definition) is 3. The lowest BCUT2D eigenvalue weighted by atomic mass is 10.1. The highest BCUT2D eigenvalue weighted by molar-refractivity contribution is 6.34. The van der Waals surface area contributed by atoms with Crippen LogP contribution in [-0.4, -0.2) is 17.0 Å². The van der Waals surface area contributed by atoms with E-state index in [1.807, 2.05) is 24.3 Å². The molecule has 21 heavy (non-hydrogen) atoms. The number of aryl methyl sites for hydroxylation is 1. The number of nitrogens with one attached hydrogen (secondary N) is 1. The van der Waals surface area contributed by atoms with Gasteiger partial charge in [-0.05, 0) is 30.2 Å². The fraction of sp³-hybridized carbons (Fsp3) is 0.200. The quantitative estimate of drug-likeness (QED) is 0.859. The van der Waals surface area contributed by atoms with Crippen LogP contribution in [0.25, 0.3) is 0 Å². The van der Waals surface area contributed by atoms with Crippen LogP contribution in [-0.2, 0) is 11.2 Å². The minimum Gasteiger partial charge on any atom is -0.480 e. The van der Waals surface area contributed by atoms with Gasteiger partial charge in [0.1, 0.15) is 10.9 Å². The van der Waals surface area contributed by atoms with Crippen molar-refractivity contribution in [2.45, 2.75) is 19.4 Å². The third-order valence-electron chi connectivity index (χ3n) is 3.33. The molecule has 1 aliphatic heterocycles. The van der Waals surface area contributed by atoms with Gasteiger partial charge in [0.2, 0.25) is 0 Å². The van der Waals surface area contributed by atoms with Gasteiger partial charge in [-0.1, -0.05) is 41.4 Å². The van der Waals surface area contributed by atoms with Gasteiger partial charge in [-0.2, -0.15) is 0 Å². The molecule has 0 radical (unpaired) electrons. The fourth-order valence-corrected chi connectivity index (χ4v) is 2.86. The predicted molar refractivity (Wildman–Crippen MR) is 82.2 cm³/mol. The van der Waals surface area contributed by atoms with Crippen molar-refractivity contribution in [3.63, 3.8) is 0 Å². The number of anilines is 1.